The average Bonchev–Trinajstić information content (AvgIpc) is 3.08. The van der Waals surface area contributed by atoms with Crippen LogP contribution >= 0.6 is 11.3 Å². The first kappa shape index (κ1) is 19.5. The number of rotatable bonds is 5. The highest BCUT2D eigenvalue weighted by molar-refractivity contribution is 7.13. The van der Waals surface area contributed by atoms with Crippen LogP contribution in [0.5, 0.6) is 0 Å². The predicted molar refractivity (Wildman–Crippen MR) is 110 cm³/mol. The van der Waals surface area contributed by atoms with Gasteiger partial charge in [0.15, 0.2) is 5.13 Å². The number of aryl methyl sites for hydroxylation is 3. The summed E-state index contributed by atoms with van der Waals surface area (Å²) in [5.74, 6) is -0.157. The summed E-state index contributed by atoms with van der Waals surface area (Å²) in [5.41, 5.74) is 8.89. The number of ether oxygens (including phenoxy) is 1. The second kappa shape index (κ2) is 8.63. The summed E-state index contributed by atoms with van der Waals surface area (Å²) in [6.45, 7) is 11.3. The van der Waals surface area contributed by atoms with Gasteiger partial charge in [0.25, 0.3) is 0 Å². The van der Waals surface area contributed by atoms with Gasteiger partial charge in [0.2, 0.25) is 5.91 Å². The van der Waals surface area contributed by atoms with Crippen LogP contribution in [-0.2, 0) is 16.0 Å². The molecule has 1 amide bonds. The third kappa shape index (κ3) is 4.93. The van der Waals surface area contributed by atoms with Crippen molar-refractivity contribution in [3.8, 4) is 0 Å². The van der Waals surface area contributed by atoms with Gasteiger partial charge in [-0.1, -0.05) is 17.7 Å². The zero-order chi connectivity index (χ0) is 19.4. The van der Waals surface area contributed by atoms with Crippen LogP contribution in [0.4, 0.5) is 5.13 Å². The maximum Gasteiger partial charge on any atom is 0.246 e. The standard InChI is InChI=1S/C20H26N4O2S/c1-13-9-14(2)19(15(3)10-13)16(4)22-23-18(25)11-17-12-27-20(21-17)24-5-7-26-8-6-24/h9-10,12H,5-8,11H2,1-4H3,(H,23,25)/b22-16-. The lowest BCUT2D eigenvalue weighted by atomic mass is 9.97. The fourth-order valence-corrected chi connectivity index (χ4v) is 4.31. The Morgan fingerprint density at radius 3 is 2.59 bits per heavy atom. The number of carbonyl (C=O) groups excluding carboxylic acids is 1. The quantitative estimate of drug-likeness (QED) is 0.634. The van der Waals surface area contributed by atoms with Gasteiger partial charge in [0.05, 0.1) is 31.0 Å². The van der Waals surface area contributed by atoms with E-state index in [1.807, 2.05) is 12.3 Å². The smallest absolute Gasteiger partial charge is 0.246 e. The lowest BCUT2D eigenvalue weighted by Crippen LogP contribution is -2.36. The third-order valence-corrected chi connectivity index (χ3v) is 5.50. The van der Waals surface area contributed by atoms with Crippen molar-refractivity contribution in [2.24, 2.45) is 5.10 Å². The summed E-state index contributed by atoms with van der Waals surface area (Å²) >= 11 is 1.57. The van der Waals surface area contributed by atoms with E-state index < -0.39 is 0 Å². The maximum absolute atomic E-state index is 12.3. The molecule has 7 heteroatoms. The van der Waals surface area contributed by atoms with Crippen LogP contribution in [0.15, 0.2) is 22.6 Å². The van der Waals surface area contributed by atoms with Gasteiger partial charge in [0, 0.05) is 24.0 Å². The molecule has 0 atom stereocenters. The number of nitrogens with zero attached hydrogens (tertiary/aromatic N) is 3. The van der Waals surface area contributed by atoms with Crippen molar-refractivity contribution in [2.45, 2.75) is 34.1 Å². The van der Waals surface area contributed by atoms with Crippen LogP contribution in [0.3, 0.4) is 0 Å². The van der Waals surface area contributed by atoms with E-state index in [0.29, 0.717) is 0 Å². The van der Waals surface area contributed by atoms with E-state index in [1.54, 1.807) is 11.3 Å². The molecule has 0 radical (unpaired) electrons. The molecule has 1 fully saturated rings. The fraction of sp³-hybridized carbons (Fsp3) is 0.450. The molecule has 0 aliphatic carbocycles. The number of benzene rings is 1. The molecule has 0 saturated carbocycles. The molecule has 2 aromatic rings. The summed E-state index contributed by atoms with van der Waals surface area (Å²) in [5, 5.41) is 7.19. The highest BCUT2D eigenvalue weighted by Crippen LogP contribution is 2.21. The minimum atomic E-state index is -0.157. The number of morpholine rings is 1. The summed E-state index contributed by atoms with van der Waals surface area (Å²) < 4.78 is 5.36. The molecule has 1 saturated heterocycles. The van der Waals surface area contributed by atoms with Crippen molar-refractivity contribution in [3.63, 3.8) is 0 Å². The molecule has 2 heterocycles. The van der Waals surface area contributed by atoms with E-state index in [4.69, 9.17) is 4.74 Å². The Morgan fingerprint density at radius 1 is 1.26 bits per heavy atom. The van der Waals surface area contributed by atoms with Gasteiger partial charge in [0.1, 0.15) is 0 Å². The number of thiazole rings is 1. The lowest BCUT2D eigenvalue weighted by Gasteiger charge is -2.26. The van der Waals surface area contributed by atoms with Crippen LogP contribution in [-0.4, -0.2) is 42.9 Å². The van der Waals surface area contributed by atoms with Crippen molar-refractivity contribution in [1.82, 2.24) is 10.4 Å². The molecule has 0 bridgehead atoms. The number of hydrogen-bond donors (Lipinski definition) is 1. The molecule has 3 rings (SSSR count). The Balaban J connectivity index is 1.61. The van der Waals surface area contributed by atoms with Gasteiger partial charge in [-0.25, -0.2) is 10.4 Å². The summed E-state index contributed by atoms with van der Waals surface area (Å²) in [7, 11) is 0. The molecule has 1 N–H and O–H groups in total. The van der Waals surface area contributed by atoms with Crippen LogP contribution in [0, 0.1) is 20.8 Å². The highest BCUT2D eigenvalue weighted by Gasteiger charge is 2.16. The second-order valence-corrected chi connectivity index (χ2v) is 7.74. The van der Waals surface area contributed by atoms with E-state index in [1.165, 1.54) is 5.56 Å². The number of hydrazone groups is 1. The second-order valence-electron chi connectivity index (χ2n) is 6.90. The molecule has 6 nitrogen and oxygen atoms in total. The Bertz CT molecular complexity index is 830. The van der Waals surface area contributed by atoms with Crippen molar-refractivity contribution < 1.29 is 9.53 Å². The number of hydrogen-bond acceptors (Lipinski definition) is 6. The zero-order valence-electron chi connectivity index (χ0n) is 16.3. The Hall–Kier alpha value is -2.25. The van der Waals surface area contributed by atoms with Gasteiger partial charge in [-0.05, 0) is 38.8 Å². The first-order valence-corrected chi connectivity index (χ1v) is 10.0. The molecule has 144 valence electrons. The predicted octanol–water partition coefficient (Wildman–Crippen LogP) is 2.99. The van der Waals surface area contributed by atoms with Crippen molar-refractivity contribution >= 4 is 28.1 Å². The van der Waals surface area contributed by atoms with E-state index in [-0.39, 0.29) is 12.3 Å². The number of nitrogens with one attached hydrogen (secondary N) is 1. The molecule has 0 unspecified atom stereocenters. The molecule has 1 aliphatic heterocycles. The fourth-order valence-electron chi connectivity index (χ4n) is 3.43. The van der Waals surface area contributed by atoms with Gasteiger partial charge in [-0.3, -0.25) is 4.79 Å². The van der Waals surface area contributed by atoms with Crippen LogP contribution in [0.1, 0.15) is 34.9 Å². The number of aromatic nitrogens is 1. The maximum atomic E-state index is 12.3. The number of amides is 1. The van der Waals surface area contributed by atoms with Gasteiger partial charge in [-0.2, -0.15) is 5.10 Å². The Kier molecular flexibility index (Phi) is 6.23. The first-order chi connectivity index (χ1) is 12.9. The Labute approximate surface area is 164 Å². The van der Waals surface area contributed by atoms with Crippen molar-refractivity contribution in [1.29, 1.82) is 0 Å². The van der Waals surface area contributed by atoms with E-state index in [9.17, 15) is 4.79 Å². The van der Waals surface area contributed by atoms with E-state index >= 15 is 0 Å². The van der Waals surface area contributed by atoms with Gasteiger partial charge >= 0.3 is 0 Å². The summed E-state index contributed by atoms with van der Waals surface area (Å²) in [6, 6.07) is 4.26. The van der Waals surface area contributed by atoms with Crippen molar-refractivity contribution in [3.05, 3.63) is 45.5 Å². The third-order valence-electron chi connectivity index (χ3n) is 4.55. The molecule has 1 aromatic carbocycles. The van der Waals surface area contributed by atoms with Gasteiger partial charge in [-0.15, -0.1) is 11.3 Å². The lowest BCUT2D eigenvalue weighted by molar-refractivity contribution is -0.120. The van der Waals surface area contributed by atoms with Gasteiger partial charge < -0.3 is 9.64 Å². The first-order valence-electron chi connectivity index (χ1n) is 9.12. The van der Waals surface area contributed by atoms with Crippen LogP contribution in [0.25, 0.3) is 0 Å². The number of anilines is 1. The SMILES string of the molecule is C/C(=N/NC(=O)Cc1csc(N2CCOCC2)n1)c1c(C)cc(C)cc1C. The summed E-state index contributed by atoms with van der Waals surface area (Å²) in [4.78, 5) is 19.0. The summed E-state index contributed by atoms with van der Waals surface area (Å²) in [6.07, 6.45) is 0.226. The molecular formula is C20H26N4O2S. The van der Waals surface area contributed by atoms with E-state index in [0.717, 1.165) is 59.5 Å². The topological polar surface area (TPSA) is 66.8 Å². The molecular weight excluding hydrogens is 360 g/mol. The Morgan fingerprint density at radius 2 is 1.93 bits per heavy atom. The molecule has 1 aliphatic rings. The minimum absolute atomic E-state index is 0.157. The highest BCUT2D eigenvalue weighted by atomic mass is 32.1. The number of carbonyl (C=O) groups is 1. The molecule has 0 spiro atoms. The van der Waals surface area contributed by atoms with Crippen molar-refractivity contribution in [2.75, 3.05) is 31.2 Å². The normalized spacial score (nSPS) is 15.1. The van der Waals surface area contributed by atoms with Crippen LogP contribution in [0.2, 0.25) is 0 Å². The monoisotopic (exact) mass is 386 g/mol. The van der Waals surface area contributed by atoms with E-state index in [2.05, 4.69) is 53.3 Å². The minimum Gasteiger partial charge on any atom is -0.378 e. The zero-order valence-corrected chi connectivity index (χ0v) is 17.2. The molecule has 1 aromatic heterocycles. The average molecular weight is 387 g/mol. The van der Waals surface area contributed by atoms with Crippen LogP contribution < -0.4 is 10.3 Å². The molecule has 27 heavy (non-hydrogen) atoms. The largest absolute Gasteiger partial charge is 0.378 e.